The summed E-state index contributed by atoms with van der Waals surface area (Å²) >= 11 is 0. The molecule has 0 amide bonds. The largest absolute Gasteiger partial charge is 0.388 e. The molecule has 0 spiro atoms. The monoisotopic (exact) mass is 201 g/mol. The molecule has 2 aromatic rings. The standard InChI is InChI=1S/C13H15NO/c1-9(2)13(15)11-7-3-5-10-6-4-8-14-12(10)11/h3-9,13,15H,1-2H3. The van der Waals surface area contributed by atoms with E-state index in [4.69, 9.17) is 0 Å². The average Bonchev–Trinajstić information content (AvgIpc) is 2.27. The number of hydrogen-bond donors (Lipinski definition) is 1. The Bertz CT molecular complexity index is 460. The molecular weight excluding hydrogens is 186 g/mol. The van der Waals surface area contributed by atoms with E-state index in [0.29, 0.717) is 0 Å². The average molecular weight is 201 g/mol. The van der Waals surface area contributed by atoms with Crippen LogP contribution in [0.3, 0.4) is 0 Å². The lowest BCUT2D eigenvalue weighted by molar-refractivity contribution is 0.128. The molecule has 2 rings (SSSR count). The molecule has 0 aliphatic rings. The fourth-order valence-corrected chi connectivity index (χ4v) is 1.73. The predicted octanol–water partition coefficient (Wildman–Crippen LogP) is 2.92. The minimum absolute atomic E-state index is 0.206. The molecule has 0 aliphatic carbocycles. The molecular formula is C13H15NO. The van der Waals surface area contributed by atoms with Crippen molar-refractivity contribution in [1.29, 1.82) is 0 Å². The zero-order valence-corrected chi connectivity index (χ0v) is 9.01. The SMILES string of the molecule is CC(C)C(O)c1cccc2cccnc12. The number of rotatable bonds is 2. The van der Waals surface area contributed by atoms with E-state index in [-0.39, 0.29) is 5.92 Å². The number of nitrogens with zero attached hydrogens (tertiary/aromatic N) is 1. The Morgan fingerprint density at radius 1 is 1.13 bits per heavy atom. The summed E-state index contributed by atoms with van der Waals surface area (Å²) in [6.45, 7) is 4.01. The second-order valence-corrected chi connectivity index (χ2v) is 4.11. The number of aliphatic hydroxyl groups is 1. The molecule has 1 N–H and O–H groups in total. The molecule has 78 valence electrons. The quantitative estimate of drug-likeness (QED) is 0.810. The Morgan fingerprint density at radius 3 is 2.60 bits per heavy atom. The molecule has 0 bridgehead atoms. The molecule has 1 heterocycles. The number of fused-ring (bicyclic) bond motifs is 1. The minimum atomic E-state index is -0.441. The van der Waals surface area contributed by atoms with E-state index in [9.17, 15) is 5.11 Å². The van der Waals surface area contributed by atoms with Crippen molar-refractivity contribution in [1.82, 2.24) is 4.98 Å². The third-order valence-electron chi connectivity index (χ3n) is 2.61. The Hall–Kier alpha value is -1.41. The van der Waals surface area contributed by atoms with E-state index in [1.807, 2.05) is 44.2 Å². The molecule has 0 saturated carbocycles. The maximum Gasteiger partial charge on any atom is 0.0834 e. The van der Waals surface area contributed by atoms with Crippen LogP contribution in [0.4, 0.5) is 0 Å². The predicted molar refractivity (Wildman–Crippen MR) is 61.5 cm³/mol. The highest BCUT2D eigenvalue weighted by Gasteiger charge is 2.14. The first-order valence-electron chi connectivity index (χ1n) is 5.22. The summed E-state index contributed by atoms with van der Waals surface area (Å²) in [5.41, 5.74) is 1.82. The first-order chi connectivity index (χ1) is 7.20. The second-order valence-electron chi connectivity index (χ2n) is 4.11. The summed E-state index contributed by atoms with van der Waals surface area (Å²) in [7, 11) is 0. The third-order valence-corrected chi connectivity index (χ3v) is 2.61. The van der Waals surface area contributed by atoms with Crippen molar-refractivity contribution >= 4 is 10.9 Å². The molecule has 15 heavy (non-hydrogen) atoms. The minimum Gasteiger partial charge on any atom is -0.388 e. The van der Waals surface area contributed by atoms with Gasteiger partial charge in [0.1, 0.15) is 0 Å². The number of pyridine rings is 1. The number of aliphatic hydroxyl groups excluding tert-OH is 1. The van der Waals surface area contributed by atoms with Gasteiger partial charge in [-0.25, -0.2) is 0 Å². The van der Waals surface area contributed by atoms with Crippen molar-refractivity contribution in [2.45, 2.75) is 20.0 Å². The van der Waals surface area contributed by atoms with E-state index in [2.05, 4.69) is 4.98 Å². The topological polar surface area (TPSA) is 33.1 Å². The summed E-state index contributed by atoms with van der Waals surface area (Å²) in [4.78, 5) is 4.32. The lowest BCUT2D eigenvalue weighted by Crippen LogP contribution is -2.06. The molecule has 1 aromatic carbocycles. The van der Waals surface area contributed by atoms with Crippen molar-refractivity contribution in [3.8, 4) is 0 Å². The van der Waals surface area contributed by atoms with Crippen LogP contribution in [-0.2, 0) is 0 Å². The van der Waals surface area contributed by atoms with Crippen molar-refractivity contribution in [2.75, 3.05) is 0 Å². The smallest absolute Gasteiger partial charge is 0.0834 e. The van der Waals surface area contributed by atoms with Gasteiger partial charge in [-0.15, -0.1) is 0 Å². The van der Waals surface area contributed by atoms with Gasteiger partial charge in [0.05, 0.1) is 11.6 Å². The van der Waals surface area contributed by atoms with Crippen LogP contribution in [0.15, 0.2) is 36.5 Å². The number of benzene rings is 1. The van der Waals surface area contributed by atoms with E-state index >= 15 is 0 Å². The van der Waals surface area contributed by atoms with Crippen LogP contribution in [0.25, 0.3) is 10.9 Å². The summed E-state index contributed by atoms with van der Waals surface area (Å²) < 4.78 is 0. The Balaban J connectivity index is 2.60. The lowest BCUT2D eigenvalue weighted by atomic mass is 9.97. The van der Waals surface area contributed by atoms with Crippen molar-refractivity contribution < 1.29 is 5.11 Å². The maximum absolute atomic E-state index is 10.1. The molecule has 1 aromatic heterocycles. The number of hydrogen-bond acceptors (Lipinski definition) is 2. The highest BCUT2D eigenvalue weighted by Crippen LogP contribution is 2.26. The maximum atomic E-state index is 10.1. The van der Waals surface area contributed by atoms with Crippen LogP contribution in [0.2, 0.25) is 0 Å². The van der Waals surface area contributed by atoms with Crippen LogP contribution in [0.5, 0.6) is 0 Å². The number of para-hydroxylation sites is 1. The first-order valence-corrected chi connectivity index (χ1v) is 5.22. The van der Waals surface area contributed by atoms with E-state index < -0.39 is 6.10 Å². The molecule has 0 fully saturated rings. The molecule has 2 nitrogen and oxygen atoms in total. The van der Waals surface area contributed by atoms with Gasteiger partial charge in [0.15, 0.2) is 0 Å². The van der Waals surface area contributed by atoms with Gasteiger partial charge in [0.25, 0.3) is 0 Å². The van der Waals surface area contributed by atoms with Crippen LogP contribution >= 0.6 is 0 Å². The Morgan fingerprint density at radius 2 is 1.87 bits per heavy atom. The fourth-order valence-electron chi connectivity index (χ4n) is 1.73. The Kier molecular flexibility index (Phi) is 2.69. The van der Waals surface area contributed by atoms with E-state index in [1.54, 1.807) is 6.20 Å². The normalized spacial score (nSPS) is 13.3. The molecule has 0 radical (unpaired) electrons. The summed E-state index contributed by atoms with van der Waals surface area (Å²) in [6.07, 6.45) is 1.32. The zero-order valence-electron chi connectivity index (χ0n) is 9.01. The molecule has 0 aliphatic heterocycles. The van der Waals surface area contributed by atoms with Crippen molar-refractivity contribution in [2.24, 2.45) is 5.92 Å². The van der Waals surface area contributed by atoms with Gasteiger partial charge >= 0.3 is 0 Å². The third kappa shape index (κ3) is 1.85. The van der Waals surface area contributed by atoms with E-state index in [1.165, 1.54) is 0 Å². The lowest BCUT2D eigenvalue weighted by Gasteiger charge is -2.16. The summed E-state index contributed by atoms with van der Waals surface area (Å²) in [5, 5.41) is 11.1. The van der Waals surface area contributed by atoms with Gasteiger partial charge in [0.2, 0.25) is 0 Å². The molecule has 2 heteroatoms. The Labute approximate surface area is 89.6 Å². The van der Waals surface area contributed by atoms with Gasteiger partial charge in [-0.1, -0.05) is 38.1 Å². The molecule has 0 saturated heterocycles. The highest BCUT2D eigenvalue weighted by atomic mass is 16.3. The molecule has 1 atom stereocenters. The van der Waals surface area contributed by atoms with Gasteiger partial charge < -0.3 is 5.11 Å². The van der Waals surface area contributed by atoms with Crippen molar-refractivity contribution in [3.63, 3.8) is 0 Å². The fraction of sp³-hybridized carbons (Fsp3) is 0.308. The summed E-state index contributed by atoms with van der Waals surface area (Å²) in [6, 6.07) is 9.84. The van der Waals surface area contributed by atoms with Crippen LogP contribution in [0.1, 0.15) is 25.5 Å². The van der Waals surface area contributed by atoms with Gasteiger partial charge in [-0.2, -0.15) is 0 Å². The van der Waals surface area contributed by atoms with Gasteiger partial charge in [0, 0.05) is 17.1 Å². The molecule has 1 unspecified atom stereocenters. The first kappa shape index (κ1) is 10.1. The van der Waals surface area contributed by atoms with Gasteiger partial charge in [-0.3, -0.25) is 4.98 Å². The second kappa shape index (κ2) is 3.99. The van der Waals surface area contributed by atoms with Crippen LogP contribution in [-0.4, -0.2) is 10.1 Å². The van der Waals surface area contributed by atoms with Crippen LogP contribution < -0.4 is 0 Å². The highest BCUT2D eigenvalue weighted by molar-refractivity contribution is 5.81. The van der Waals surface area contributed by atoms with E-state index in [0.717, 1.165) is 16.5 Å². The van der Waals surface area contributed by atoms with Crippen LogP contribution in [0, 0.1) is 5.92 Å². The van der Waals surface area contributed by atoms with Crippen molar-refractivity contribution in [3.05, 3.63) is 42.1 Å². The summed E-state index contributed by atoms with van der Waals surface area (Å²) in [5.74, 6) is 0.206. The van der Waals surface area contributed by atoms with Gasteiger partial charge in [-0.05, 0) is 12.0 Å². The number of aromatic nitrogens is 1. The zero-order chi connectivity index (χ0) is 10.8.